The molecule has 2 aromatic carbocycles. The summed E-state index contributed by atoms with van der Waals surface area (Å²) in [5, 5.41) is 20.3. The van der Waals surface area contributed by atoms with Gasteiger partial charge in [0.25, 0.3) is 5.69 Å². The summed E-state index contributed by atoms with van der Waals surface area (Å²) in [7, 11) is 1.47. The fourth-order valence-electron chi connectivity index (χ4n) is 2.31. The van der Waals surface area contributed by atoms with E-state index in [0.717, 1.165) is 0 Å². The quantitative estimate of drug-likeness (QED) is 0.437. The van der Waals surface area contributed by atoms with Gasteiger partial charge in [-0.25, -0.2) is 0 Å². The average molecular weight is 361 g/mol. The van der Waals surface area contributed by atoms with Crippen LogP contribution in [0.2, 0.25) is 0 Å². The fourth-order valence-corrected chi connectivity index (χ4v) is 2.31. The second-order valence-corrected chi connectivity index (χ2v) is 5.28. The molecule has 0 heterocycles. The van der Waals surface area contributed by atoms with Crippen LogP contribution in [0.1, 0.15) is 18.1 Å². The summed E-state index contributed by atoms with van der Waals surface area (Å²) in [6.45, 7) is 1.59. The largest absolute Gasteiger partial charge is 0.493 e. The molecule has 0 atom stereocenters. The molecule has 8 heteroatoms. The molecule has 0 spiro atoms. The number of methoxy groups -OCH3 is 1. The molecule has 0 fully saturated rings. The van der Waals surface area contributed by atoms with Gasteiger partial charge in [-0.15, -0.1) is 0 Å². The van der Waals surface area contributed by atoms with Crippen molar-refractivity contribution in [3.05, 3.63) is 57.6 Å². The Labute approximate surface area is 150 Å². The van der Waals surface area contributed by atoms with E-state index < -0.39 is 11.5 Å². The molecule has 0 saturated carbocycles. The predicted molar refractivity (Wildman–Crippen MR) is 92.4 cm³/mol. The monoisotopic (exact) mass is 361 g/mol. The minimum atomic E-state index is -0.552. The number of carbonyl (C=O) groups is 1. The van der Waals surface area contributed by atoms with E-state index in [9.17, 15) is 20.0 Å². The molecule has 1 N–H and O–H groups in total. The summed E-state index contributed by atoms with van der Waals surface area (Å²) in [4.78, 5) is 22.0. The maximum absolute atomic E-state index is 11.6. The molecule has 2 aromatic rings. The molecule has 26 heavy (non-hydrogen) atoms. The standard InChI is InChI=1S/C18H19NO7/c1-3-25-18(21)9-12-4-6-16(24-2)17(8-12)26-15-7-5-14(19(22)23)10-13(15)11-20/h4-8,10,20H,3,9,11H2,1-2H3. The molecule has 0 aliphatic rings. The van der Waals surface area contributed by atoms with Gasteiger partial charge in [0.2, 0.25) is 0 Å². The van der Waals surface area contributed by atoms with Crippen molar-refractivity contribution in [3.8, 4) is 17.2 Å². The average Bonchev–Trinajstić information content (AvgIpc) is 2.62. The maximum atomic E-state index is 11.6. The van der Waals surface area contributed by atoms with Crippen LogP contribution in [0.15, 0.2) is 36.4 Å². The van der Waals surface area contributed by atoms with Crippen molar-refractivity contribution in [2.24, 2.45) is 0 Å². The lowest BCUT2D eigenvalue weighted by Crippen LogP contribution is -2.07. The molecule has 0 bridgehead atoms. The maximum Gasteiger partial charge on any atom is 0.310 e. The Morgan fingerprint density at radius 3 is 2.50 bits per heavy atom. The first kappa shape index (κ1) is 19.2. The van der Waals surface area contributed by atoms with Crippen LogP contribution in [0.4, 0.5) is 5.69 Å². The van der Waals surface area contributed by atoms with E-state index >= 15 is 0 Å². The van der Waals surface area contributed by atoms with E-state index in [4.69, 9.17) is 14.2 Å². The van der Waals surface area contributed by atoms with E-state index in [1.807, 2.05) is 0 Å². The highest BCUT2D eigenvalue weighted by atomic mass is 16.6. The lowest BCUT2D eigenvalue weighted by atomic mass is 10.1. The lowest BCUT2D eigenvalue weighted by molar-refractivity contribution is -0.385. The first-order chi connectivity index (χ1) is 12.5. The Morgan fingerprint density at radius 1 is 1.15 bits per heavy atom. The Morgan fingerprint density at radius 2 is 1.88 bits per heavy atom. The van der Waals surface area contributed by atoms with E-state index in [-0.39, 0.29) is 29.4 Å². The van der Waals surface area contributed by atoms with Gasteiger partial charge in [0.1, 0.15) is 5.75 Å². The summed E-state index contributed by atoms with van der Waals surface area (Å²) in [6.07, 6.45) is 0.0707. The Hall–Kier alpha value is -3.13. The molecule has 0 unspecified atom stereocenters. The molecule has 0 aliphatic carbocycles. The van der Waals surface area contributed by atoms with E-state index in [1.165, 1.54) is 25.3 Å². The number of aliphatic hydroxyl groups excluding tert-OH is 1. The number of benzene rings is 2. The molecule has 0 aromatic heterocycles. The van der Waals surface area contributed by atoms with Crippen molar-refractivity contribution in [1.29, 1.82) is 0 Å². The summed E-state index contributed by atoms with van der Waals surface area (Å²) in [5.74, 6) is 0.623. The lowest BCUT2D eigenvalue weighted by Gasteiger charge is -2.14. The van der Waals surface area contributed by atoms with Crippen molar-refractivity contribution in [2.75, 3.05) is 13.7 Å². The zero-order chi connectivity index (χ0) is 19.1. The number of hydrogen-bond acceptors (Lipinski definition) is 7. The van der Waals surface area contributed by atoms with E-state index in [0.29, 0.717) is 23.7 Å². The smallest absolute Gasteiger partial charge is 0.310 e. The predicted octanol–water partition coefficient (Wildman–Crippen LogP) is 2.99. The van der Waals surface area contributed by atoms with Crippen LogP contribution in [0.3, 0.4) is 0 Å². The first-order valence-corrected chi connectivity index (χ1v) is 7.87. The van der Waals surface area contributed by atoms with Crippen LogP contribution in [0.5, 0.6) is 17.2 Å². The van der Waals surface area contributed by atoms with Gasteiger partial charge in [-0.3, -0.25) is 14.9 Å². The number of ether oxygens (including phenoxy) is 3. The second-order valence-electron chi connectivity index (χ2n) is 5.28. The zero-order valence-corrected chi connectivity index (χ0v) is 14.4. The minimum Gasteiger partial charge on any atom is -0.493 e. The topological polar surface area (TPSA) is 108 Å². The van der Waals surface area contributed by atoms with Crippen LogP contribution >= 0.6 is 0 Å². The Kier molecular flexibility index (Phi) is 6.51. The normalized spacial score (nSPS) is 10.3. The molecule has 8 nitrogen and oxygen atoms in total. The van der Waals surface area contributed by atoms with Crippen LogP contribution in [-0.4, -0.2) is 29.7 Å². The number of esters is 1. The second kappa shape index (κ2) is 8.82. The zero-order valence-electron chi connectivity index (χ0n) is 14.4. The number of carbonyl (C=O) groups excluding carboxylic acids is 1. The third-order valence-corrected chi connectivity index (χ3v) is 3.53. The summed E-state index contributed by atoms with van der Waals surface area (Å²) in [5.41, 5.74) is 0.771. The number of nitro groups is 1. The van der Waals surface area contributed by atoms with Gasteiger partial charge in [-0.2, -0.15) is 0 Å². The molecule has 0 radical (unpaired) electrons. The Balaban J connectivity index is 2.32. The van der Waals surface area contributed by atoms with E-state index in [1.54, 1.807) is 25.1 Å². The SMILES string of the molecule is CCOC(=O)Cc1ccc(OC)c(Oc2ccc([N+](=O)[O-])cc2CO)c1. The van der Waals surface area contributed by atoms with Crippen molar-refractivity contribution >= 4 is 11.7 Å². The van der Waals surface area contributed by atoms with Crippen LogP contribution in [0.25, 0.3) is 0 Å². The highest BCUT2D eigenvalue weighted by Crippen LogP contribution is 2.35. The van der Waals surface area contributed by atoms with Crippen molar-refractivity contribution < 1.29 is 29.0 Å². The molecule has 138 valence electrons. The molecular formula is C18H19NO7. The van der Waals surface area contributed by atoms with Gasteiger partial charge >= 0.3 is 5.97 Å². The summed E-state index contributed by atoms with van der Waals surface area (Å²) < 4.78 is 16.0. The van der Waals surface area contributed by atoms with Crippen LogP contribution in [0, 0.1) is 10.1 Å². The number of nitro benzene ring substituents is 1. The third-order valence-electron chi connectivity index (χ3n) is 3.53. The number of aliphatic hydroxyl groups is 1. The van der Waals surface area contributed by atoms with Gasteiger partial charge in [0.05, 0.1) is 31.7 Å². The number of rotatable bonds is 8. The van der Waals surface area contributed by atoms with Gasteiger partial charge < -0.3 is 19.3 Å². The van der Waals surface area contributed by atoms with Gasteiger partial charge in [0, 0.05) is 17.7 Å². The third kappa shape index (κ3) is 4.70. The van der Waals surface area contributed by atoms with Gasteiger partial charge in [0.15, 0.2) is 11.5 Å². The van der Waals surface area contributed by atoms with Gasteiger partial charge in [-0.05, 0) is 30.7 Å². The van der Waals surface area contributed by atoms with Crippen LogP contribution < -0.4 is 9.47 Å². The molecule has 2 rings (SSSR count). The highest BCUT2D eigenvalue weighted by molar-refractivity contribution is 5.73. The van der Waals surface area contributed by atoms with Crippen LogP contribution in [-0.2, 0) is 22.6 Å². The molecule has 0 amide bonds. The van der Waals surface area contributed by atoms with Crippen molar-refractivity contribution in [1.82, 2.24) is 0 Å². The highest BCUT2D eigenvalue weighted by Gasteiger charge is 2.15. The van der Waals surface area contributed by atoms with Crippen molar-refractivity contribution in [2.45, 2.75) is 20.0 Å². The summed E-state index contributed by atoms with van der Waals surface area (Å²) in [6, 6.07) is 8.91. The van der Waals surface area contributed by atoms with Gasteiger partial charge in [-0.1, -0.05) is 6.07 Å². The molecule has 0 saturated heterocycles. The number of non-ortho nitro benzene ring substituents is 1. The van der Waals surface area contributed by atoms with E-state index in [2.05, 4.69) is 0 Å². The molecular weight excluding hydrogens is 342 g/mol. The fraction of sp³-hybridized carbons (Fsp3) is 0.278. The summed E-state index contributed by atoms with van der Waals surface area (Å²) >= 11 is 0. The van der Waals surface area contributed by atoms with Crippen molar-refractivity contribution in [3.63, 3.8) is 0 Å². The minimum absolute atomic E-state index is 0.0707. The molecule has 0 aliphatic heterocycles. The number of hydrogen-bond donors (Lipinski definition) is 1. The number of nitrogens with zero attached hydrogens (tertiary/aromatic N) is 1. The first-order valence-electron chi connectivity index (χ1n) is 7.87. The Bertz CT molecular complexity index is 804.